The number of fused-ring (bicyclic) bond motifs is 1. The van der Waals surface area contributed by atoms with Gasteiger partial charge in [0, 0.05) is 6.20 Å². The summed E-state index contributed by atoms with van der Waals surface area (Å²) in [4.78, 5) is 4.09. The third-order valence-corrected chi connectivity index (χ3v) is 3.90. The molecule has 0 radical (unpaired) electrons. The summed E-state index contributed by atoms with van der Waals surface area (Å²) in [5.74, 6) is 0. The van der Waals surface area contributed by atoms with E-state index in [2.05, 4.69) is 4.98 Å². The highest BCUT2D eigenvalue weighted by atomic mass is 35.5. The monoisotopic (exact) mass is 318 g/mol. The number of ether oxygens (including phenoxy) is 1. The molecule has 1 saturated heterocycles. The number of nitrogens with zero attached hydrogens (tertiary/aromatic N) is 2. The number of aliphatic hydroxyl groups is 3. The number of aromatic nitrogens is 2. The van der Waals surface area contributed by atoms with Crippen LogP contribution in [-0.4, -0.2) is 49.6 Å². The zero-order valence-corrected chi connectivity index (χ0v) is 11.7. The molecule has 1 aliphatic rings. The van der Waals surface area contributed by atoms with E-state index in [4.69, 9.17) is 33.0 Å². The molecule has 0 bridgehead atoms. The van der Waals surface area contributed by atoms with Gasteiger partial charge in [-0.3, -0.25) is 4.40 Å². The van der Waals surface area contributed by atoms with E-state index in [0.29, 0.717) is 16.4 Å². The predicted octanol–water partition coefficient (Wildman–Crippen LogP) is 0.795. The number of pyridine rings is 1. The van der Waals surface area contributed by atoms with Crippen molar-refractivity contribution in [3.8, 4) is 0 Å². The molecular formula is C12H12Cl2N2O4. The summed E-state index contributed by atoms with van der Waals surface area (Å²) in [5.41, 5.74) is 0.984. The molecule has 1 fully saturated rings. The van der Waals surface area contributed by atoms with Gasteiger partial charge in [0.1, 0.15) is 35.2 Å². The molecule has 0 saturated carbocycles. The van der Waals surface area contributed by atoms with Crippen LogP contribution in [0.4, 0.5) is 0 Å². The fourth-order valence-corrected chi connectivity index (χ4v) is 2.87. The van der Waals surface area contributed by atoms with Gasteiger partial charge < -0.3 is 20.1 Å². The Bertz CT molecular complexity index is 648. The molecule has 0 amide bonds. The fraction of sp³-hybridized carbons (Fsp3) is 0.417. The van der Waals surface area contributed by atoms with Crippen LogP contribution in [0.1, 0.15) is 11.8 Å². The molecule has 108 valence electrons. The third-order valence-electron chi connectivity index (χ3n) is 3.40. The van der Waals surface area contributed by atoms with E-state index in [9.17, 15) is 10.2 Å². The quantitative estimate of drug-likeness (QED) is 0.762. The molecule has 0 unspecified atom stereocenters. The fourth-order valence-electron chi connectivity index (χ4n) is 2.42. The second-order valence-corrected chi connectivity index (χ2v) is 5.41. The molecule has 3 heterocycles. The van der Waals surface area contributed by atoms with Gasteiger partial charge in [-0.2, -0.15) is 0 Å². The van der Waals surface area contributed by atoms with E-state index in [0.717, 1.165) is 0 Å². The van der Waals surface area contributed by atoms with Crippen LogP contribution < -0.4 is 0 Å². The van der Waals surface area contributed by atoms with E-state index in [1.165, 1.54) is 0 Å². The molecule has 8 heteroatoms. The molecule has 1 aliphatic heterocycles. The van der Waals surface area contributed by atoms with Gasteiger partial charge in [-0.15, -0.1) is 0 Å². The van der Waals surface area contributed by atoms with Crippen LogP contribution in [0, 0.1) is 0 Å². The van der Waals surface area contributed by atoms with Crippen LogP contribution >= 0.6 is 23.2 Å². The molecule has 0 aliphatic carbocycles. The topological polar surface area (TPSA) is 87.2 Å². The van der Waals surface area contributed by atoms with Crippen LogP contribution in [-0.2, 0) is 4.74 Å². The molecule has 2 aromatic rings. The largest absolute Gasteiger partial charge is 0.394 e. The first-order valence-electron chi connectivity index (χ1n) is 5.98. The van der Waals surface area contributed by atoms with Gasteiger partial charge in [0.25, 0.3) is 0 Å². The van der Waals surface area contributed by atoms with Crippen molar-refractivity contribution in [2.24, 2.45) is 0 Å². The molecule has 0 aromatic carbocycles. The summed E-state index contributed by atoms with van der Waals surface area (Å²) in [5, 5.41) is 29.7. The normalized spacial score (nSPS) is 30.2. The Morgan fingerprint density at radius 2 is 2.00 bits per heavy atom. The van der Waals surface area contributed by atoms with Gasteiger partial charge in [-0.05, 0) is 12.1 Å². The first-order valence-corrected chi connectivity index (χ1v) is 6.74. The van der Waals surface area contributed by atoms with Crippen molar-refractivity contribution < 1.29 is 20.1 Å². The highest BCUT2D eigenvalue weighted by molar-refractivity contribution is 6.31. The molecular weight excluding hydrogens is 307 g/mol. The van der Waals surface area contributed by atoms with Crippen molar-refractivity contribution in [2.45, 2.75) is 24.4 Å². The molecule has 0 spiro atoms. The van der Waals surface area contributed by atoms with E-state index in [1.807, 2.05) is 0 Å². The second kappa shape index (κ2) is 5.14. The summed E-state index contributed by atoms with van der Waals surface area (Å²) in [7, 11) is 0. The van der Waals surface area contributed by atoms with Crippen molar-refractivity contribution in [3.63, 3.8) is 0 Å². The smallest absolute Gasteiger partial charge is 0.148 e. The highest BCUT2D eigenvalue weighted by Gasteiger charge is 2.44. The van der Waals surface area contributed by atoms with E-state index >= 15 is 0 Å². The maximum Gasteiger partial charge on any atom is 0.148 e. The first-order chi connectivity index (χ1) is 9.52. The number of aliphatic hydroxyl groups excluding tert-OH is 3. The van der Waals surface area contributed by atoms with Gasteiger partial charge in [0.2, 0.25) is 0 Å². The number of hydrogen-bond donors (Lipinski definition) is 3. The Labute approximate surface area is 124 Å². The number of halogens is 2. The number of hydrogen-bond acceptors (Lipinski definition) is 5. The Balaban J connectivity index is 2.12. The first kappa shape index (κ1) is 14.1. The Kier molecular flexibility index (Phi) is 3.62. The van der Waals surface area contributed by atoms with Crippen molar-refractivity contribution in [1.82, 2.24) is 9.38 Å². The van der Waals surface area contributed by atoms with E-state index in [1.54, 1.807) is 22.7 Å². The van der Waals surface area contributed by atoms with Crippen LogP contribution in [0.3, 0.4) is 0 Å². The Morgan fingerprint density at radius 1 is 1.25 bits per heavy atom. The lowest BCUT2D eigenvalue weighted by Crippen LogP contribution is -2.32. The van der Waals surface area contributed by atoms with Crippen molar-refractivity contribution in [3.05, 3.63) is 34.2 Å². The van der Waals surface area contributed by atoms with Gasteiger partial charge in [0.15, 0.2) is 0 Å². The maximum absolute atomic E-state index is 10.1. The maximum atomic E-state index is 10.1. The minimum Gasteiger partial charge on any atom is -0.394 e. The SMILES string of the molecule is OC[C@H]1O[C@@H](c2c(Cl)ccc3nc(Cl)cn23)[C@H](O)[C@@H]1O. The lowest BCUT2D eigenvalue weighted by atomic mass is 10.1. The molecule has 6 nitrogen and oxygen atoms in total. The standard InChI is InChI=1S/C12H12Cl2N2O4/c13-5-1-2-8-15-7(14)3-16(8)9(5)12-11(19)10(18)6(4-17)20-12/h1-3,6,10-12,17-19H,4H2/t6-,10-,11-,12+/m1/s1. The molecule has 4 atom stereocenters. The molecule has 3 rings (SSSR count). The lowest BCUT2D eigenvalue weighted by Gasteiger charge is -2.18. The minimum atomic E-state index is -1.20. The van der Waals surface area contributed by atoms with Gasteiger partial charge in [-0.25, -0.2) is 4.98 Å². The van der Waals surface area contributed by atoms with Crippen molar-refractivity contribution in [1.29, 1.82) is 0 Å². The van der Waals surface area contributed by atoms with E-state index in [-0.39, 0.29) is 5.15 Å². The minimum absolute atomic E-state index is 0.278. The summed E-state index contributed by atoms with van der Waals surface area (Å²) < 4.78 is 7.10. The third kappa shape index (κ3) is 2.09. The summed E-state index contributed by atoms with van der Waals surface area (Å²) in [6, 6.07) is 3.29. The molecule has 3 N–H and O–H groups in total. The summed E-state index contributed by atoms with van der Waals surface area (Å²) in [6.45, 7) is -0.396. The molecule has 20 heavy (non-hydrogen) atoms. The van der Waals surface area contributed by atoms with Gasteiger partial charge in [-0.1, -0.05) is 23.2 Å². The van der Waals surface area contributed by atoms with Gasteiger partial charge in [0.05, 0.1) is 17.3 Å². The van der Waals surface area contributed by atoms with Crippen molar-refractivity contribution >= 4 is 28.8 Å². The average Bonchev–Trinajstić information content (AvgIpc) is 2.92. The highest BCUT2D eigenvalue weighted by Crippen LogP contribution is 2.37. The summed E-state index contributed by atoms with van der Waals surface area (Å²) in [6.07, 6.45) is -2.57. The second-order valence-electron chi connectivity index (χ2n) is 4.62. The molecule has 2 aromatic heterocycles. The van der Waals surface area contributed by atoms with Crippen LogP contribution in [0.15, 0.2) is 18.3 Å². The lowest BCUT2D eigenvalue weighted by molar-refractivity contribution is -0.0242. The predicted molar refractivity (Wildman–Crippen MR) is 71.9 cm³/mol. The Hall–Kier alpha value is -0.890. The number of imidazole rings is 1. The van der Waals surface area contributed by atoms with Crippen LogP contribution in [0.25, 0.3) is 5.65 Å². The summed E-state index contributed by atoms with van der Waals surface area (Å²) >= 11 is 12.0. The van der Waals surface area contributed by atoms with Crippen LogP contribution in [0.2, 0.25) is 10.2 Å². The van der Waals surface area contributed by atoms with Gasteiger partial charge >= 0.3 is 0 Å². The average molecular weight is 319 g/mol. The van der Waals surface area contributed by atoms with Crippen LogP contribution in [0.5, 0.6) is 0 Å². The zero-order chi connectivity index (χ0) is 14.4. The van der Waals surface area contributed by atoms with Crippen molar-refractivity contribution in [2.75, 3.05) is 6.61 Å². The number of rotatable bonds is 2. The Morgan fingerprint density at radius 3 is 2.65 bits per heavy atom. The van der Waals surface area contributed by atoms with E-state index < -0.39 is 31.0 Å². The zero-order valence-electron chi connectivity index (χ0n) is 10.1.